The Hall–Kier alpha value is -0.890. The van der Waals surface area contributed by atoms with Gasteiger partial charge in [-0.2, -0.15) is 0 Å². The number of benzene rings is 1. The summed E-state index contributed by atoms with van der Waals surface area (Å²) in [5.41, 5.74) is 6.99. The molecule has 1 aromatic rings. The molecule has 2 N–H and O–H groups in total. The first-order valence-electron chi connectivity index (χ1n) is 2.57. The molecule has 0 aliphatic heterocycles. The Morgan fingerprint density at radius 2 is 2.00 bits per heavy atom. The first-order valence-corrected chi connectivity index (χ1v) is 2.98. The maximum Gasteiger partial charge on any atom is 0.0657 e. The maximum atomic E-state index is 5.50. The Bertz CT molecular complexity index is 220. The molecular weight excluding hydrogens is 130 g/mol. The smallest absolute Gasteiger partial charge is 0.0657 e. The molecular formula is C7H6NS. The second-order valence-corrected chi connectivity index (χ2v) is 1.89. The number of nitrogen functional groups attached to an aromatic ring is 1. The molecule has 0 aliphatic rings. The van der Waals surface area contributed by atoms with Crippen LogP contribution in [0.3, 0.4) is 0 Å². The van der Waals surface area contributed by atoms with Crippen LogP contribution in [-0.4, -0.2) is 5.37 Å². The van der Waals surface area contributed by atoms with Gasteiger partial charge in [0.1, 0.15) is 0 Å². The number of rotatable bonds is 1. The van der Waals surface area contributed by atoms with E-state index in [9.17, 15) is 0 Å². The van der Waals surface area contributed by atoms with Crippen molar-refractivity contribution in [1.29, 1.82) is 0 Å². The number of nitrogens with two attached hydrogens (primary N) is 1. The summed E-state index contributed by atoms with van der Waals surface area (Å²) in [6.07, 6.45) is 0. The van der Waals surface area contributed by atoms with Gasteiger partial charge in [0.15, 0.2) is 0 Å². The van der Waals surface area contributed by atoms with E-state index in [1.54, 1.807) is 6.07 Å². The predicted molar refractivity (Wildman–Crippen MR) is 42.6 cm³/mol. The highest BCUT2D eigenvalue weighted by atomic mass is 32.1. The quantitative estimate of drug-likeness (QED) is 0.467. The highest BCUT2D eigenvalue weighted by Gasteiger charge is 1.89. The molecule has 45 valence electrons. The molecule has 2 heteroatoms. The van der Waals surface area contributed by atoms with Crippen LogP contribution in [0.2, 0.25) is 0 Å². The SMILES string of the molecule is Nc1ccccc1[C]=S. The van der Waals surface area contributed by atoms with Crippen LogP contribution in [-0.2, 0) is 0 Å². The van der Waals surface area contributed by atoms with E-state index < -0.39 is 0 Å². The summed E-state index contributed by atoms with van der Waals surface area (Å²) >= 11 is 4.58. The molecule has 1 nitrogen and oxygen atoms in total. The van der Waals surface area contributed by atoms with E-state index in [4.69, 9.17) is 5.73 Å². The topological polar surface area (TPSA) is 26.0 Å². The molecule has 0 saturated carbocycles. The van der Waals surface area contributed by atoms with Gasteiger partial charge in [0.2, 0.25) is 0 Å². The largest absolute Gasteiger partial charge is 0.398 e. The van der Waals surface area contributed by atoms with E-state index in [-0.39, 0.29) is 0 Å². The van der Waals surface area contributed by atoms with Gasteiger partial charge < -0.3 is 5.73 Å². The van der Waals surface area contributed by atoms with Crippen LogP contribution in [0.4, 0.5) is 5.69 Å². The number of thiocarbonyl (C=S) groups is 1. The minimum Gasteiger partial charge on any atom is -0.398 e. The number of hydrogen-bond acceptors (Lipinski definition) is 2. The van der Waals surface area contributed by atoms with E-state index in [0.29, 0.717) is 5.69 Å². The molecule has 9 heavy (non-hydrogen) atoms. The fraction of sp³-hybridized carbons (Fsp3) is 0. The van der Waals surface area contributed by atoms with Crippen molar-refractivity contribution in [1.82, 2.24) is 0 Å². The van der Waals surface area contributed by atoms with E-state index in [2.05, 4.69) is 17.6 Å². The lowest BCUT2D eigenvalue weighted by Gasteiger charge is -1.93. The van der Waals surface area contributed by atoms with Crippen molar-refractivity contribution in [2.75, 3.05) is 5.73 Å². The summed E-state index contributed by atoms with van der Waals surface area (Å²) < 4.78 is 0. The zero-order chi connectivity index (χ0) is 6.69. The summed E-state index contributed by atoms with van der Waals surface area (Å²) in [7, 11) is 0. The van der Waals surface area contributed by atoms with E-state index in [0.717, 1.165) is 5.56 Å². The Morgan fingerprint density at radius 3 is 2.44 bits per heavy atom. The van der Waals surface area contributed by atoms with Crippen molar-refractivity contribution in [2.45, 2.75) is 0 Å². The number of hydrogen-bond donors (Lipinski definition) is 1. The zero-order valence-electron chi connectivity index (χ0n) is 4.79. The molecule has 1 rings (SSSR count). The molecule has 0 heterocycles. The van der Waals surface area contributed by atoms with Gasteiger partial charge in [-0.05, 0) is 6.07 Å². The van der Waals surface area contributed by atoms with Crippen LogP contribution in [0.25, 0.3) is 0 Å². The Morgan fingerprint density at radius 1 is 1.33 bits per heavy atom. The van der Waals surface area contributed by atoms with Crippen molar-refractivity contribution in [3.63, 3.8) is 0 Å². The Labute approximate surface area is 59.5 Å². The second kappa shape index (κ2) is 2.60. The highest BCUT2D eigenvalue weighted by molar-refractivity contribution is 7.79. The van der Waals surface area contributed by atoms with Crippen LogP contribution in [0.15, 0.2) is 24.3 Å². The average molecular weight is 136 g/mol. The lowest BCUT2D eigenvalue weighted by molar-refractivity contribution is 1.66. The molecule has 0 aliphatic carbocycles. The van der Waals surface area contributed by atoms with Crippen LogP contribution in [0.1, 0.15) is 5.56 Å². The fourth-order valence-corrected chi connectivity index (χ4v) is 0.776. The zero-order valence-corrected chi connectivity index (χ0v) is 5.61. The standard InChI is InChI=1S/C7H6NS/c8-7-4-2-1-3-6(7)5-9/h1-4H,8H2. The number of anilines is 1. The first-order chi connectivity index (χ1) is 4.34. The van der Waals surface area contributed by atoms with E-state index in [1.165, 1.54) is 0 Å². The van der Waals surface area contributed by atoms with Gasteiger partial charge in [0.25, 0.3) is 0 Å². The first kappa shape index (κ1) is 6.23. The van der Waals surface area contributed by atoms with Crippen LogP contribution >= 0.6 is 12.2 Å². The summed E-state index contributed by atoms with van der Waals surface area (Å²) in [5.74, 6) is 0. The normalized spacial score (nSPS) is 8.89. The van der Waals surface area contributed by atoms with E-state index >= 15 is 0 Å². The molecule has 0 aromatic heterocycles. The average Bonchev–Trinajstić information content (AvgIpc) is 1.89. The molecule has 0 fully saturated rings. The molecule has 0 bridgehead atoms. The predicted octanol–water partition coefficient (Wildman–Crippen LogP) is 1.49. The molecule has 0 spiro atoms. The Kier molecular flexibility index (Phi) is 1.80. The monoisotopic (exact) mass is 136 g/mol. The van der Waals surface area contributed by atoms with Gasteiger partial charge in [-0.3, -0.25) is 0 Å². The second-order valence-electron chi connectivity index (χ2n) is 1.69. The van der Waals surface area contributed by atoms with Crippen LogP contribution in [0.5, 0.6) is 0 Å². The fourth-order valence-electron chi connectivity index (χ4n) is 0.590. The van der Waals surface area contributed by atoms with Crippen molar-refractivity contribution in [2.24, 2.45) is 0 Å². The Balaban J connectivity index is 3.15. The minimum atomic E-state index is 0.688. The molecule has 0 saturated heterocycles. The molecule has 1 aromatic carbocycles. The minimum absolute atomic E-state index is 0.688. The van der Waals surface area contributed by atoms with Gasteiger partial charge in [-0.1, -0.05) is 30.4 Å². The van der Waals surface area contributed by atoms with Crippen molar-refractivity contribution >= 4 is 23.3 Å². The van der Waals surface area contributed by atoms with Gasteiger partial charge in [-0.15, -0.1) is 0 Å². The third-order valence-corrected chi connectivity index (χ3v) is 1.29. The van der Waals surface area contributed by atoms with Gasteiger partial charge in [0, 0.05) is 11.3 Å². The molecule has 0 amide bonds. The van der Waals surface area contributed by atoms with Gasteiger partial charge in [-0.25, -0.2) is 0 Å². The van der Waals surface area contributed by atoms with E-state index in [1.807, 2.05) is 18.2 Å². The highest BCUT2D eigenvalue weighted by Crippen LogP contribution is 2.06. The summed E-state index contributed by atoms with van der Waals surface area (Å²) in [6, 6.07) is 7.38. The van der Waals surface area contributed by atoms with Crippen LogP contribution < -0.4 is 5.73 Å². The summed E-state index contributed by atoms with van der Waals surface area (Å²) in [6.45, 7) is 0. The number of para-hydroxylation sites is 1. The van der Waals surface area contributed by atoms with Gasteiger partial charge in [0.05, 0.1) is 5.37 Å². The van der Waals surface area contributed by atoms with Crippen molar-refractivity contribution in [3.8, 4) is 0 Å². The molecule has 1 radical (unpaired) electrons. The van der Waals surface area contributed by atoms with Crippen LogP contribution in [0, 0.1) is 0 Å². The molecule has 0 atom stereocenters. The van der Waals surface area contributed by atoms with Gasteiger partial charge >= 0.3 is 0 Å². The van der Waals surface area contributed by atoms with Crippen molar-refractivity contribution in [3.05, 3.63) is 29.8 Å². The van der Waals surface area contributed by atoms with Crippen molar-refractivity contribution < 1.29 is 0 Å². The lowest BCUT2D eigenvalue weighted by Crippen LogP contribution is -1.89. The molecule has 0 unspecified atom stereocenters. The third-order valence-electron chi connectivity index (χ3n) is 1.07. The third kappa shape index (κ3) is 1.27. The maximum absolute atomic E-state index is 5.50. The summed E-state index contributed by atoms with van der Waals surface area (Å²) in [4.78, 5) is 0. The summed E-state index contributed by atoms with van der Waals surface area (Å²) in [5, 5.41) is 2.55. The lowest BCUT2D eigenvalue weighted by atomic mass is 10.2.